The number of nitrogens with two attached hydrogens (primary N) is 1. The number of carboxylic acid groups (broad SMARTS) is 2. The summed E-state index contributed by atoms with van der Waals surface area (Å²) in [5.41, 5.74) is 4.89. The van der Waals surface area contributed by atoms with Gasteiger partial charge < -0.3 is 26.2 Å². The minimum absolute atomic E-state index is 0.0102. The smallest absolute Gasteiger partial charge is 0.313 e. The second-order valence-electron chi connectivity index (χ2n) is 7.47. The maximum atomic E-state index is 12.7. The first-order valence-corrected chi connectivity index (χ1v) is 13.2. The van der Waals surface area contributed by atoms with Crippen molar-refractivity contribution < 1.29 is 29.4 Å². The van der Waals surface area contributed by atoms with Gasteiger partial charge in [0.25, 0.3) is 0 Å². The number of hydrogen-bond acceptors (Lipinski definition) is 12. The second-order valence-corrected chi connectivity index (χ2v) is 11.8. The van der Waals surface area contributed by atoms with Crippen LogP contribution in [0.15, 0.2) is 9.72 Å². The predicted molar refractivity (Wildman–Crippen MR) is 122 cm³/mol. The summed E-state index contributed by atoms with van der Waals surface area (Å²) in [6, 6.07) is -0.709. The van der Waals surface area contributed by atoms with E-state index in [9.17, 15) is 24.3 Å². The number of thiazole rings is 1. The molecule has 0 spiro atoms. The van der Waals surface area contributed by atoms with E-state index in [1.165, 1.54) is 39.8 Å². The van der Waals surface area contributed by atoms with E-state index < -0.39 is 23.4 Å². The summed E-state index contributed by atoms with van der Waals surface area (Å²) in [6.07, 6.45) is -0.235. The van der Waals surface area contributed by atoms with Crippen LogP contribution in [0.5, 0.6) is 0 Å². The number of carboxylic acids is 2. The average Bonchev–Trinajstić information content (AvgIpc) is 3.38. The number of aliphatic carboxylic acids is 2. The first-order valence-electron chi connectivity index (χ1n) is 9.48. The van der Waals surface area contributed by atoms with Gasteiger partial charge in [-0.15, -0.1) is 33.3 Å². The SMILES string of the molecule is Nc1nc(CC(=O)NC2C(=O)N3CC(CSc4nnc(CC(=O)O)s4)(C(=O)O)CS[C@H]23)cs1. The molecule has 2 aliphatic heterocycles. The van der Waals surface area contributed by atoms with E-state index in [0.29, 0.717) is 20.2 Å². The molecule has 2 aromatic heterocycles. The van der Waals surface area contributed by atoms with Gasteiger partial charge in [-0.1, -0.05) is 23.1 Å². The highest BCUT2D eigenvalue weighted by molar-refractivity contribution is 8.01. The fraction of sp³-hybridized carbons (Fsp3) is 0.471. The lowest BCUT2D eigenvalue weighted by Gasteiger charge is -2.53. The van der Waals surface area contributed by atoms with Crippen LogP contribution >= 0.6 is 46.2 Å². The fourth-order valence-electron chi connectivity index (χ4n) is 3.40. The third-order valence-electron chi connectivity index (χ3n) is 5.05. The molecule has 0 aliphatic carbocycles. The van der Waals surface area contributed by atoms with Gasteiger partial charge in [0.05, 0.1) is 18.5 Å². The quantitative estimate of drug-likeness (QED) is 0.251. The lowest BCUT2D eigenvalue weighted by atomic mass is 9.89. The molecule has 2 aromatic rings. The first kappa shape index (κ1) is 23.7. The number of amides is 2. The van der Waals surface area contributed by atoms with E-state index in [4.69, 9.17) is 10.8 Å². The largest absolute Gasteiger partial charge is 0.481 e. The van der Waals surface area contributed by atoms with E-state index in [1.807, 2.05) is 0 Å². The van der Waals surface area contributed by atoms with Crippen molar-refractivity contribution in [2.45, 2.75) is 28.6 Å². The normalized spacial score (nSPS) is 24.1. The van der Waals surface area contributed by atoms with Crippen molar-refractivity contribution in [2.75, 3.05) is 23.8 Å². The molecule has 0 bridgehead atoms. The Morgan fingerprint density at radius 3 is 2.76 bits per heavy atom. The molecule has 4 heterocycles. The Morgan fingerprint density at radius 1 is 1.30 bits per heavy atom. The highest BCUT2D eigenvalue weighted by Gasteiger charge is 2.57. The standard InChI is InChI=1S/C17H18N6O6S4/c18-15-19-7(3-30-15)1-8(24)20-11-12(27)23-4-17(14(28)29,5-31-13(11)23)6-32-16-22-21-9(33-16)2-10(25)26/h3,11,13H,1-2,4-6H2,(H2,18,19)(H,20,24)(H,25,26)(H,28,29)/t11?,13-,17?/m1/s1. The van der Waals surface area contributed by atoms with Gasteiger partial charge in [-0.2, -0.15) is 0 Å². The van der Waals surface area contributed by atoms with Crippen LogP contribution in [-0.4, -0.2) is 83.5 Å². The van der Waals surface area contributed by atoms with Crippen molar-refractivity contribution in [3.63, 3.8) is 0 Å². The Hall–Kier alpha value is -2.43. The maximum absolute atomic E-state index is 12.7. The molecule has 2 fully saturated rings. The topological polar surface area (TPSA) is 189 Å². The number of thioether (sulfide) groups is 2. The van der Waals surface area contributed by atoms with Gasteiger partial charge in [-0.3, -0.25) is 19.2 Å². The molecule has 2 unspecified atom stereocenters. The van der Waals surface area contributed by atoms with Crippen LogP contribution in [0.3, 0.4) is 0 Å². The van der Waals surface area contributed by atoms with Gasteiger partial charge in [0.15, 0.2) is 9.47 Å². The Labute approximate surface area is 203 Å². The number of nitrogens with zero attached hydrogens (tertiary/aromatic N) is 4. The van der Waals surface area contributed by atoms with Gasteiger partial charge >= 0.3 is 11.9 Å². The van der Waals surface area contributed by atoms with Crippen LogP contribution in [0.2, 0.25) is 0 Å². The van der Waals surface area contributed by atoms with Gasteiger partial charge in [0, 0.05) is 23.4 Å². The Morgan fingerprint density at radius 2 is 2.09 bits per heavy atom. The lowest BCUT2D eigenvalue weighted by Crippen LogP contribution is -2.74. The lowest BCUT2D eigenvalue weighted by molar-refractivity contribution is -0.157. The number of β-lactam (4-membered cyclic amide) rings is 1. The molecule has 0 radical (unpaired) electrons. The van der Waals surface area contributed by atoms with Gasteiger partial charge in [-0.25, -0.2) is 4.98 Å². The van der Waals surface area contributed by atoms with Crippen LogP contribution < -0.4 is 11.1 Å². The van der Waals surface area contributed by atoms with E-state index >= 15 is 0 Å². The van der Waals surface area contributed by atoms with Gasteiger partial charge in [0.2, 0.25) is 11.8 Å². The van der Waals surface area contributed by atoms with Crippen LogP contribution in [-0.2, 0) is 32.0 Å². The summed E-state index contributed by atoms with van der Waals surface area (Å²) < 4.78 is 0.474. The van der Waals surface area contributed by atoms with Crippen molar-refractivity contribution in [3.05, 3.63) is 16.1 Å². The predicted octanol–water partition coefficient (Wildman–Crippen LogP) is 0.00960. The van der Waals surface area contributed by atoms with Crippen molar-refractivity contribution in [2.24, 2.45) is 5.41 Å². The molecule has 2 aliphatic rings. The average molecular weight is 531 g/mol. The highest BCUT2D eigenvalue weighted by Crippen LogP contribution is 2.44. The molecular formula is C17H18N6O6S4. The second kappa shape index (κ2) is 9.44. The molecule has 0 aromatic carbocycles. The number of carbonyl (C=O) groups is 4. The Balaban J connectivity index is 1.35. The zero-order valence-corrected chi connectivity index (χ0v) is 20.1. The Bertz CT molecular complexity index is 1110. The zero-order valence-electron chi connectivity index (χ0n) is 16.8. The van der Waals surface area contributed by atoms with E-state index in [-0.39, 0.29) is 48.1 Å². The molecule has 4 rings (SSSR count). The number of hydrogen-bond donors (Lipinski definition) is 4. The molecule has 176 valence electrons. The summed E-state index contributed by atoms with van der Waals surface area (Å²) in [4.78, 5) is 53.4. The van der Waals surface area contributed by atoms with Gasteiger partial charge in [0.1, 0.15) is 21.8 Å². The molecule has 3 atom stereocenters. The van der Waals surface area contributed by atoms with Crippen molar-refractivity contribution >= 4 is 75.1 Å². The number of fused-ring (bicyclic) bond motifs is 1. The molecule has 33 heavy (non-hydrogen) atoms. The number of carbonyl (C=O) groups excluding carboxylic acids is 2. The molecule has 0 saturated carbocycles. The maximum Gasteiger partial charge on any atom is 0.313 e. The highest BCUT2D eigenvalue weighted by atomic mass is 32.2. The molecule has 5 N–H and O–H groups in total. The number of rotatable bonds is 9. The molecular weight excluding hydrogens is 512 g/mol. The number of anilines is 1. The van der Waals surface area contributed by atoms with Crippen LogP contribution in [0, 0.1) is 5.41 Å². The molecule has 2 amide bonds. The summed E-state index contributed by atoms with van der Waals surface area (Å²) in [5, 5.41) is 31.2. The van der Waals surface area contributed by atoms with Crippen molar-refractivity contribution in [3.8, 4) is 0 Å². The van der Waals surface area contributed by atoms with E-state index in [1.54, 1.807) is 5.38 Å². The molecule has 16 heteroatoms. The minimum atomic E-state index is -1.20. The minimum Gasteiger partial charge on any atom is -0.481 e. The summed E-state index contributed by atoms with van der Waals surface area (Å²) in [7, 11) is 0. The molecule has 2 saturated heterocycles. The fourth-order valence-corrected chi connectivity index (χ4v) is 7.71. The van der Waals surface area contributed by atoms with Crippen LogP contribution in [0.25, 0.3) is 0 Å². The number of nitrogens with one attached hydrogen (secondary N) is 1. The van der Waals surface area contributed by atoms with E-state index in [2.05, 4.69) is 20.5 Å². The molecule has 12 nitrogen and oxygen atoms in total. The number of aromatic nitrogens is 3. The third kappa shape index (κ3) is 5.07. The first-order chi connectivity index (χ1) is 15.7. The number of nitrogen functional groups attached to an aromatic ring is 1. The van der Waals surface area contributed by atoms with Crippen molar-refractivity contribution in [1.29, 1.82) is 0 Å². The Kier molecular flexibility index (Phi) is 6.78. The summed E-state index contributed by atoms with van der Waals surface area (Å²) >= 11 is 4.83. The van der Waals surface area contributed by atoms with Gasteiger partial charge in [-0.05, 0) is 0 Å². The van der Waals surface area contributed by atoms with Crippen LogP contribution in [0.4, 0.5) is 5.13 Å². The summed E-state index contributed by atoms with van der Waals surface area (Å²) in [5.74, 6) is -2.33. The van der Waals surface area contributed by atoms with Crippen molar-refractivity contribution in [1.82, 2.24) is 25.4 Å². The third-order valence-corrected chi connectivity index (χ3v) is 9.71. The van der Waals surface area contributed by atoms with E-state index in [0.717, 1.165) is 11.3 Å². The van der Waals surface area contributed by atoms with Crippen LogP contribution in [0.1, 0.15) is 10.7 Å². The summed E-state index contributed by atoms with van der Waals surface area (Å²) in [6.45, 7) is 0.0155. The zero-order chi connectivity index (χ0) is 23.8. The monoisotopic (exact) mass is 530 g/mol.